The summed E-state index contributed by atoms with van der Waals surface area (Å²) in [6.45, 7) is 2.07. The summed E-state index contributed by atoms with van der Waals surface area (Å²) in [5.74, 6) is -0.115. The van der Waals surface area contributed by atoms with E-state index >= 15 is 0 Å². The average Bonchev–Trinajstić information content (AvgIpc) is 2.44. The lowest BCUT2D eigenvalue weighted by molar-refractivity contribution is 0.385. The molecule has 2 nitrogen and oxygen atoms in total. The quantitative estimate of drug-likeness (QED) is 0.900. The molecule has 1 atom stereocenters. The molecule has 2 rings (SSSR count). The van der Waals surface area contributed by atoms with Crippen LogP contribution in [0.5, 0.6) is 5.75 Å². The fraction of sp³-hybridized carbons (Fsp3) is 0.294. The van der Waals surface area contributed by atoms with Crippen LogP contribution in [0, 0.1) is 12.7 Å². The molecular formula is C17H20FNO. The molecule has 3 heteroatoms. The second-order valence-corrected chi connectivity index (χ2v) is 5.03. The number of ether oxygens (including phenoxy) is 1. The van der Waals surface area contributed by atoms with Crippen molar-refractivity contribution in [3.05, 3.63) is 65.0 Å². The highest BCUT2D eigenvalue weighted by atomic mass is 19.1. The molecule has 2 aromatic carbocycles. The van der Waals surface area contributed by atoms with Crippen molar-refractivity contribution in [1.29, 1.82) is 0 Å². The summed E-state index contributed by atoms with van der Waals surface area (Å²) < 4.78 is 18.6. The Balaban J connectivity index is 2.01. The third-order valence-corrected chi connectivity index (χ3v) is 3.43. The summed E-state index contributed by atoms with van der Waals surface area (Å²) >= 11 is 0. The normalized spacial score (nSPS) is 12.2. The second kappa shape index (κ2) is 6.53. The largest absolute Gasteiger partial charge is 0.494 e. The molecule has 0 saturated carbocycles. The van der Waals surface area contributed by atoms with Gasteiger partial charge < -0.3 is 10.5 Å². The van der Waals surface area contributed by atoms with E-state index in [4.69, 9.17) is 10.5 Å². The Kier molecular flexibility index (Phi) is 4.74. The number of rotatable bonds is 5. The lowest BCUT2D eigenvalue weighted by Gasteiger charge is -2.13. The molecule has 0 aliphatic rings. The molecule has 1 unspecified atom stereocenters. The van der Waals surface area contributed by atoms with Gasteiger partial charge in [0.1, 0.15) is 0 Å². The number of nitrogens with two attached hydrogens (primary N) is 1. The van der Waals surface area contributed by atoms with Crippen LogP contribution in [-0.4, -0.2) is 7.11 Å². The minimum Gasteiger partial charge on any atom is -0.494 e. The van der Waals surface area contributed by atoms with Gasteiger partial charge in [0.05, 0.1) is 7.11 Å². The topological polar surface area (TPSA) is 35.2 Å². The SMILES string of the molecule is COc1ccc(C(N)CCc2cccc(C)c2)cc1F. The summed E-state index contributed by atoms with van der Waals surface area (Å²) in [4.78, 5) is 0. The lowest BCUT2D eigenvalue weighted by atomic mass is 9.99. The highest BCUT2D eigenvalue weighted by Gasteiger charge is 2.10. The highest BCUT2D eigenvalue weighted by Crippen LogP contribution is 2.23. The van der Waals surface area contributed by atoms with Gasteiger partial charge in [-0.3, -0.25) is 0 Å². The molecule has 0 amide bonds. The maximum atomic E-state index is 13.6. The zero-order valence-electron chi connectivity index (χ0n) is 11.9. The fourth-order valence-corrected chi connectivity index (χ4v) is 2.27. The number of methoxy groups -OCH3 is 1. The summed E-state index contributed by atoms with van der Waals surface area (Å²) in [6, 6.07) is 13.1. The molecule has 0 aliphatic heterocycles. The van der Waals surface area contributed by atoms with Crippen molar-refractivity contribution >= 4 is 0 Å². The van der Waals surface area contributed by atoms with Crippen molar-refractivity contribution in [2.24, 2.45) is 5.73 Å². The number of hydrogen-bond acceptors (Lipinski definition) is 2. The van der Waals surface area contributed by atoms with Crippen LogP contribution in [0.25, 0.3) is 0 Å². The van der Waals surface area contributed by atoms with Crippen molar-refractivity contribution < 1.29 is 9.13 Å². The Labute approximate surface area is 119 Å². The number of hydrogen-bond donors (Lipinski definition) is 1. The van der Waals surface area contributed by atoms with Crippen LogP contribution < -0.4 is 10.5 Å². The monoisotopic (exact) mass is 273 g/mol. The first-order valence-electron chi connectivity index (χ1n) is 6.74. The molecule has 2 N–H and O–H groups in total. The van der Waals surface area contributed by atoms with E-state index in [1.165, 1.54) is 24.3 Å². The molecular weight excluding hydrogens is 253 g/mol. The third kappa shape index (κ3) is 3.58. The minimum absolute atomic E-state index is 0.170. The maximum absolute atomic E-state index is 13.6. The summed E-state index contributed by atoms with van der Waals surface area (Å²) in [7, 11) is 1.45. The number of aryl methyl sites for hydroxylation is 2. The third-order valence-electron chi connectivity index (χ3n) is 3.43. The van der Waals surface area contributed by atoms with E-state index in [9.17, 15) is 4.39 Å². The van der Waals surface area contributed by atoms with E-state index in [0.717, 1.165) is 18.4 Å². The van der Waals surface area contributed by atoms with E-state index < -0.39 is 0 Å². The minimum atomic E-state index is -0.365. The van der Waals surface area contributed by atoms with Gasteiger partial charge in [-0.05, 0) is 43.0 Å². The zero-order chi connectivity index (χ0) is 14.5. The Morgan fingerprint density at radius 2 is 2.00 bits per heavy atom. The van der Waals surface area contributed by atoms with E-state index in [0.29, 0.717) is 0 Å². The van der Waals surface area contributed by atoms with E-state index in [1.54, 1.807) is 6.07 Å². The van der Waals surface area contributed by atoms with Gasteiger partial charge in [-0.2, -0.15) is 0 Å². The molecule has 0 aromatic heterocycles. The molecule has 0 heterocycles. The standard InChI is InChI=1S/C17H20FNO/c1-12-4-3-5-13(10-12)6-8-16(19)14-7-9-17(20-2)15(18)11-14/h3-5,7,9-11,16H,6,8,19H2,1-2H3. The van der Waals surface area contributed by atoms with Crippen LogP contribution in [0.15, 0.2) is 42.5 Å². The smallest absolute Gasteiger partial charge is 0.165 e. The Hall–Kier alpha value is -1.87. The lowest BCUT2D eigenvalue weighted by Crippen LogP contribution is -2.11. The predicted octanol–water partition coefficient (Wildman–Crippen LogP) is 3.78. The molecule has 0 saturated heterocycles. The molecule has 2 aromatic rings. The Bertz CT molecular complexity index is 583. The summed E-state index contributed by atoms with van der Waals surface area (Å²) in [6.07, 6.45) is 1.67. The van der Waals surface area contributed by atoms with Crippen LogP contribution in [0.3, 0.4) is 0 Å². The highest BCUT2D eigenvalue weighted by molar-refractivity contribution is 5.31. The van der Waals surface area contributed by atoms with Gasteiger partial charge in [0.25, 0.3) is 0 Å². The van der Waals surface area contributed by atoms with Crippen LogP contribution in [0.2, 0.25) is 0 Å². The van der Waals surface area contributed by atoms with Gasteiger partial charge >= 0.3 is 0 Å². The maximum Gasteiger partial charge on any atom is 0.165 e. The van der Waals surface area contributed by atoms with Crippen LogP contribution in [0.1, 0.15) is 29.2 Å². The average molecular weight is 273 g/mol. The van der Waals surface area contributed by atoms with Crippen LogP contribution >= 0.6 is 0 Å². The molecule has 106 valence electrons. The number of halogens is 1. The van der Waals surface area contributed by atoms with Crippen molar-refractivity contribution in [3.63, 3.8) is 0 Å². The first-order chi connectivity index (χ1) is 9.60. The summed E-state index contributed by atoms with van der Waals surface area (Å²) in [5, 5.41) is 0. The molecule has 0 spiro atoms. The van der Waals surface area contributed by atoms with Gasteiger partial charge in [0.2, 0.25) is 0 Å². The van der Waals surface area contributed by atoms with E-state index in [-0.39, 0.29) is 17.6 Å². The first kappa shape index (κ1) is 14.5. The van der Waals surface area contributed by atoms with Gasteiger partial charge in [-0.15, -0.1) is 0 Å². The summed E-state index contributed by atoms with van der Waals surface area (Å²) in [5.41, 5.74) is 9.44. The zero-order valence-corrected chi connectivity index (χ0v) is 11.9. The van der Waals surface area contributed by atoms with Crippen LogP contribution in [-0.2, 0) is 6.42 Å². The van der Waals surface area contributed by atoms with Gasteiger partial charge in [-0.25, -0.2) is 4.39 Å². The Morgan fingerprint density at radius 1 is 1.20 bits per heavy atom. The first-order valence-corrected chi connectivity index (χ1v) is 6.74. The number of benzene rings is 2. The van der Waals surface area contributed by atoms with Gasteiger partial charge in [-0.1, -0.05) is 35.9 Å². The van der Waals surface area contributed by atoms with Crippen molar-refractivity contribution in [2.75, 3.05) is 7.11 Å². The van der Waals surface area contributed by atoms with E-state index in [1.807, 2.05) is 12.1 Å². The van der Waals surface area contributed by atoms with Crippen molar-refractivity contribution in [2.45, 2.75) is 25.8 Å². The van der Waals surface area contributed by atoms with Crippen LogP contribution in [0.4, 0.5) is 4.39 Å². The second-order valence-electron chi connectivity index (χ2n) is 5.03. The predicted molar refractivity (Wildman–Crippen MR) is 79.4 cm³/mol. The van der Waals surface area contributed by atoms with Crippen molar-refractivity contribution in [1.82, 2.24) is 0 Å². The van der Waals surface area contributed by atoms with E-state index in [2.05, 4.69) is 25.1 Å². The van der Waals surface area contributed by atoms with Gasteiger partial charge in [0, 0.05) is 6.04 Å². The van der Waals surface area contributed by atoms with Crippen molar-refractivity contribution in [3.8, 4) is 5.75 Å². The fourth-order valence-electron chi connectivity index (χ4n) is 2.27. The molecule has 0 fully saturated rings. The molecule has 20 heavy (non-hydrogen) atoms. The Morgan fingerprint density at radius 3 is 2.65 bits per heavy atom. The molecule has 0 bridgehead atoms. The van der Waals surface area contributed by atoms with Gasteiger partial charge in [0.15, 0.2) is 11.6 Å². The molecule has 0 radical (unpaired) electrons. The molecule has 0 aliphatic carbocycles.